The quantitative estimate of drug-likeness (QED) is 0.554. The van der Waals surface area contributed by atoms with E-state index in [1.165, 1.54) is 24.0 Å². The molecule has 2 rings (SSSR count). The van der Waals surface area contributed by atoms with Gasteiger partial charge in [0.15, 0.2) is 0 Å². The zero-order chi connectivity index (χ0) is 15.6. The number of ether oxygens (including phenoxy) is 1. The molecule has 0 amide bonds. The van der Waals surface area contributed by atoms with E-state index in [0.717, 1.165) is 25.0 Å². The lowest BCUT2D eigenvalue weighted by molar-refractivity contribution is 0.414. The molecule has 0 saturated carbocycles. The Labute approximate surface area is 133 Å². The van der Waals surface area contributed by atoms with Crippen molar-refractivity contribution in [2.24, 2.45) is 0 Å². The van der Waals surface area contributed by atoms with E-state index in [9.17, 15) is 5.11 Å². The molecule has 1 N–H and O–H groups in total. The van der Waals surface area contributed by atoms with Gasteiger partial charge in [0.2, 0.25) is 0 Å². The van der Waals surface area contributed by atoms with Crippen LogP contribution in [-0.2, 0) is 12.8 Å². The number of phenolic OH excluding ortho intramolecular Hbond substituents is 1. The van der Waals surface area contributed by atoms with E-state index in [1.807, 2.05) is 24.3 Å². The van der Waals surface area contributed by atoms with Gasteiger partial charge in [-0.05, 0) is 67.5 Å². The van der Waals surface area contributed by atoms with Crippen LogP contribution in [0.5, 0.6) is 11.5 Å². The molecule has 0 aliphatic rings. The number of benzene rings is 2. The molecular weight excluding hydrogens is 272 g/mol. The van der Waals surface area contributed by atoms with Crippen molar-refractivity contribution in [3.05, 3.63) is 71.8 Å². The maximum atomic E-state index is 9.23. The van der Waals surface area contributed by atoms with Crippen molar-refractivity contribution in [3.63, 3.8) is 0 Å². The Kier molecular flexibility index (Phi) is 6.56. The smallest absolute Gasteiger partial charge is 0.118 e. The number of hydrogen-bond donors (Lipinski definition) is 1. The van der Waals surface area contributed by atoms with Gasteiger partial charge in [0.05, 0.1) is 7.11 Å². The molecule has 116 valence electrons. The summed E-state index contributed by atoms with van der Waals surface area (Å²) in [5, 5.41) is 9.23. The van der Waals surface area contributed by atoms with E-state index in [4.69, 9.17) is 4.74 Å². The lowest BCUT2D eigenvalue weighted by atomic mass is 10.1. The van der Waals surface area contributed by atoms with Gasteiger partial charge in [-0.3, -0.25) is 0 Å². The van der Waals surface area contributed by atoms with E-state index in [1.54, 1.807) is 19.2 Å². The molecule has 0 saturated heterocycles. The third-order valence-electron chi connectivity index (χ3n) is 3.70. The monoisotopic (exact) mass is 296 g/mol. The summed E-state index contributed by atoms with van der Waals surface area (Å²) in [6.45, 7) is 0. The lowest BCUT2D eigenvalue weighted by Crippen LogP contribution is -1.85. The zero-order valence-electron chi connectivity index (χ0n) is 13.2. The molecule has 0 atom stereocenters. The molecule has 0 radical (unpaired) electrons. The highest BCUT2D eigenvalue weighted by molar-refractivity contribution is 5.28. The summed E-state index contributed by atoms with van der Waals surface area (Å²) in [5.41, 5.74) is 2.60. The lowest BCUT2D eigenvalue weighted by Gasteiger charge is -2.01. The van der Waals surface area contributed by atoms with Crippen molar-refractivity contribution in [2.45, 2.75) is 32.1 Å². The molecule has 2 aromatic rings. The number of phenols is 1. The van der Waals surface area contributed by atoms with Gasteiger partial charge in [0.1, 0.15) is 11.5 Å². The van der Waals surface area contributed by atoms with Crippen LogP contribution in [0.3, 0.4) is 0 Å². The number of methoxy groups -OCH3 is 1. The van der Waals surface area contributed by atoms with Crippen LogP contribution in [-0.4, -0.2) is 12.2 Å². The highest BCUT2D eigenvalue weighted by Gasteiger charge is 1.94. The molecule has 0 aliphatic heterocycles. The minimum Gasteiger partial charge on any atom is -0.508 e. The summed E-state index contributed by atoms with van der Waals surface area (Å²) < 4.78 is 5.15. The molecule has 0 unspecified atom stereocenters. The van der Waals surface area contributed by atoms with E-state index in [2.05, 4.69) is 24.3 Å². The van der Waals surface area contributed by atoms with Crippen LogP contribution in [0.1, 0.15) is 30.4 Å². The highest BCUT2D eigenvalue weighted by Crippen LogP contribution is 2.13. The molecule has 0 spiro atoms. The van der Waals surface area contributed by atoms with Crippen molar-refractivity contribution < 1.29 is 9.84 Å². The summed E-state index contributed by atoms with van der Waals surface area (Å²) in [7, 11) is 1.69. The fraction of sp³-hybridized carbons (Fsp3) is 0.300. The van der Waals surface area contributed by atoms with Gasteiger partial charge in [-0.25, -0.2) is 0 Å². The van der Waals surface area contributed by atoms with Gasteiger partial charge in [-0.1, -0.05) is 36.4 Å². The fourth-order valence-electron chi connectivity index (χ4n) is 2.35. The number of hydrogen-bond acceptors (Lipinski definition) is 2. The van der Waals surface area contributed by atoms with E-state index < -0.39 is 0 Å². The van der Waals surface area contributed by atoms with E-state index >= 15 is 0 Å². The summed E-state index contributed by atoms with van der Waals surface area (Å²) in [6.07, 6.45) is 10.0. The van der Waals surface area contributed by atoms with Gasteiger partial charge < -0.3 is 9.84 Å². The van der Waals surface area contributed by atoms with Crippen LogP contribution in [0, 0.1) is 0 Å². The van der Waals surface area contributed by atoms with Gasteiger partial charge >= 0.3 is 0 Å². The Bertz CT molecular complexity index is 568. The van der Waals surface area contributed by atoms with Crippen molar-refractivity contribution in [3.8, 4) is 11.5 Å². The maximum absolute atomic E-state index is 9.23. The average molecular weight is 296 g/mol. The molecular formula is C20H24O2. The second-order valence-electron chi connectivity index (χ2n) is 5.44. The zero-order valence-corrected chi connectivity index (χ0v) is 13.2. The minimum absolute atomic E-state index is 0.338. The predicted molar refractivity (Wildman–Crippen MR) is 91.5 cm³/mol. The van der Waals surface area contributed by atoms with Crippen LogP contribution < -0.4 is 4.74 Å². The van der Waals surface area contributed by atoms with Gasteiger partial charge in [-0.15, -0.1) is 0 Å². The first-order valence-electron chi connectivity index (χ1n) is 7.84. The van der Waals surface area contributed by atoms with Crippen molar-refractivity contribution in [1.82, 2.24) is 0 Å². The highest BCUT2D eigenvalue weighted by atomic mass is 16.5. The first-order valence-corrected chi connectivity index (χ1v) is 7.84. The Morgan fingerprint density at radius 2 is 1.55 bits per heavy atom. The molecule has 0 heterocycles. The second-order valence-corrected chi connectivity index (χ2v) is 5.44. The SMILES string of the molecule is COc1ccc(C/C=C/CCCCc2ccc(O)cc2)cc1. The van der Waals surface area contributed by atoms with E-state index in [-0.39, 0.29) is 0 Å². The van der Waals surface area contributed by atoms with E-state index in [0.29, 0.717) is 5.75 Å². The number of allylic oxidation sites excluding steroid dienone is 2. The standard InChI is InChI=1S/C20H24O2/c1-22-20-15-11-18(12-16-20)8-6-4-2-3-5-7-17-9-13-19(21)14-10-17/h4,6,9-16,21H,2-3,5,7-8H2,1H3/b6-4+. The predicted octanol–water partition coefficient (Wildman–Crippen LogP) is 4.91. The largest absolute Gasteiger partial charge is 0.508 e. The van der Waals surface area contributed by atoms with Gasteiger partial charge in [0, 0.05) is 0 Å². The second kappa shape index (κ2) is 8.93. The van der Waals surface area contributed by atoms with Crippen LogP contribution in [0.15, 0.2) is 60.7 Å². The van der Waals surface area contributed by atoms with Crippen LogP contribution in [0.2, 0.25) is 0 Å². The van der Waals surface area contributed by atoms with Crippen molar-refractivity contribution >= 4 is 0 Å². The van der Waals surface area contributed by atoms with Crippen LogP contribution in [0.4, 0.5) is 0 Å². The summed E-state index contributed by atoms with van der Waals surface area (Å²) in [5.74, 6) is 1.24. The topological polar surface area (TPSA) is 29.5 Å². The van der Waals surface area contributed by atoms with Gasteiger partial charge in [-0.2, -0.15) is 0 Å². The summed E-state index contributed by atoms with van der Waals surface area (Å²) >= 11 is 0. The Hall–Kier alpha value is -2.22. The maximum Gasteiger partial charge on any atom is 0.118 e. The number of aryl methyl sites for hydroxylation is 1. The van der Waals surface area contributed by atoms with Gasteiger partial charge in [0.25, 0.3) is 0 Å². The Morgan fingerprint density at radius 1 is 0.864 bits per heavy atom. The first kappa shape index (κ1) is 16.2. The summed E-state index contributed by atoms with van der Waals surface area (Å²) in [6, 6.07) is 15.7. The number of unbranched alkanes of at least 4 members (excludes halogenated alkanes) is 2. The van der Waals surface area contributed by atoms with Crippen molar-refractivity contribution in [1.29, 1.82) is 0 Å². The normalized spacial score (nSPS) is 11.0. The molecule has 0 aromatic heterocycles. The molecule has 2 nitrogen and oxygen atoms in total. The average Bonchev–Trinajstić information content (AvgIpc) is 2.56. The molecule has 0 aliphatic carbocycles. The molecule has 0 bridgehead atoms. The van der Waals surface area contributed by atoms with Crippen molar-refractivity contribution in [2.75, 3.05) is 7.11 Å². The van der Waals surface area contributed by atoms with Crippen LogP contribution in [0.25, 0.3) is 0 Å². The Morgan fingerprint density at radius 3 is 2.23 bits per heavy atom. The third kappa shape index (κ3) is 5.65. The van der Waals surface area contributed by atoms with Crippen LogP contribution >= 0.6 is 0 Å². The number of rotatable bonds is 8. The molecule has 2 heteroatoms. The first-order chi connectivity index (χ1) is 10.8. The molecule has 2 aromatic carbocycles. The summed E-state index contributed by atoms with van der Waals surface area (Å²) in [4.78, 5) is 0. The minimum atomic E-state index is 0.338. The Balaban J connectivity index is 1.60. The fourth-order valence-corrected chi connectivity index (χ4v) is 2.35. The molecule has 22 heavy (non-hydrogen) atoms. The third-order valence-corrected chi connectivity index (χ3v) is 3.70. The molecule has 0 fully saturated rings. The number of aromatic hydroxyl groups is 1.